The molecular weight excluding hydrogens is 206 g/mol. The molecular formula is C11H13N3O2. The second-order valence-corrected chi connectivity index (χ2v) is 3.17. The van der Waals surface area contributed by atoms with E-state index in [2.05, 4.69) is 21.2 Å². The van der Waals surface area contributed by atoms with Crippen molar-refractivity contribution in [2.24, 2.45) is 0 Å². The molecule has 0 radical (unpaired) electrons. The minimum Gasteiger partial charge on any atom is -0.478 e. The molecule has 1 heterocycles. The molecule has 0 aromatic carbocycles. The third kappa shape index (κ3) is 3.67. The Balaban J connectivity index is 2.47. The van der Waals surface area contributed by atoms with Crippen molar-refractivity contribution in [2.45, 2.75) is 19.4 Å². The van der Waals surface area contributed by atoms with E-state index in [1.54, 1.807) is 0 Å². The Morgan fingerprint density at radius 1 is 1.62 bits per heavy atom. The van der Waals surface area contributed by atoms with Crippen LogP contribution in [0.15, 0.2) is 12.5 Å². The predicted octanol–water partition coefficient (Wildman–Crippen LogP) is 0.678. The van der Waals surface area contributed by atoms with Gasteiger partial charge in [0.05, 0.1) is 5.69 Å². The van der Waals surface area contributed by atoms with Crippen LogP contribution in [0.2, 0.25) is 0 Å². The molecule has 5 nitrogen and oxygen atoms in total. The molecule has 0 bridgehead atoms. The maximum absolute atomic E-state index is 10.8. The van der Waals surface area contributed by atoms with Crippen LogP contribution >= 0.6 is 0 Å². The van der Waals surface area contributed by atoms with Crippen LogP contribution in [-0.2, 0) is 6.54 Å². The fourth-order valence-corrected chi connectivity index (χ4v) is 1.20. The number of hydrogen-bond acceptors (Lipinski definition) is 4. The van der Waals surface area contributed by atoms with Gasteiger partial charge in [-0.25, -0.2) is 14.8 Å². The van der Waals surface area contributed by atoms with E-state index >= 15 is 0 Å². The standard InChI is InChI=1S/C11H13N3O2/c1-2-3-4-5-12-7-10-9(11(15)16)6-13-8-14-10/h1,6,8,12H,3-5,7H2,(H,15,16). The zero-order valence-corrected chi connectivity index (χ0v) is 8.81. The number of aromatic nitrogens is 2. The van der Waals surface area contributed by atoms with Crippen LogP contribution in [0.5, 0.6) is 0 Å². The maximum atomic E-state index is 10.8. The third-order valence-corrected chi connectivity index (χ3v) is 1.99. The molecule has 0 spiro atoms. The number of rotatable bonds is 6. The van der Waals surface area contributed by atoms with Crippen molar-refractivity contribution in [3.63, 3.8) is 0 Å². The first-order valence-corrected chi connectivity index (χ1v) is 4.92. The normalized spacial score (nSPS) is 9.69. The van der Waals surface area contributed by atoms with Gasteiger partial charge in [-0.3, -0.25) is 0 Å². The average molecular weight is 219 g/mol. The molecule has 0 saturated heterocycles. The lowest BCUT2D eigenvalue weighted by atomic mass is 10.2. The van der Waals surface area contributed by atoms with Crippen LogP contribution in [0, 0.1) is 12.3 Å². The predicted molar refractivity (Wildman–Crippen MR) is 58.8 cm³/mol. The van der Waals surface area contributed by atoms with Gasteiger partial charge in [-0.2, -0.15) is 0 Å². The Bertz CT molecular complexity index is 398. The summed E-state index contributed by atoms with van der Waals surface area (Å²) >= 11 is 0. The van der Waals surface area contributed by atoms with Crippen molar-refractivity contribution in [3.05, 3.63) is 23.8 Å². The zero-order valence-electron chi connectivity index (χ0n) is 8.81. The molecule has 0 atom stereocenters. The summed E-state index contributed by atoms with van der Waals surface area (Å²) in [4.78, 5) is 18.4. The van der Waals surface area contributed by atoms with Crippen LogP contribution in [0.4, 0.5) is 0 Å². The van der Waals surface area contributed by atoms with Crippen molar-refractivity contribution >= 4 is 5.97 Å². The first-order chi connectivity index (χ1) is 7.75. The molecule has 1 aromatic rings. The quantitative estimate of drug-likeness (QED) is 0.543. The van der Waals surface area contributed by atoms with Gasteiger partial charge in [0, 0.05) is 19.2 Å². The Morgan fingerprint density at radius 2 is 2.44 bits per heavy atom. The lowest BCUT2D eigenvalue weighted by molar-refractivity contribution is 0.0694. The number of carboxylic acid groups (broad SMARTS) is 1. The highest BCUT2D eigenvalue weighted by Crippen LogP contribution is 2.02. The maximum Gasteiger partial charge on any atom is 0.339 e. The minimum absolute atomic E-state index is 0.131. The highest BCUT2D eigenvalue weighted by Gasteiger charge is 2.10. The topological polar surface area (TPSA) is 75.1 Å². The molecule has 0 saturated carbocycles. The molecule has 1 aromatic heterocycles. The fourth-order valence-electron chi connectivity index (χ4n) is 1.20. The lowest BCUT2D eigenvalue weighted by Gasteiger charge is -2.05. The molecule has 0 aliphatic rings. The first-order valence-electron chi connectivity index (χ1n) is 4.92. The fraction of sp³-hybridized carbons (Fsp3) is 0.364. The van der Waals surface area contributed by atoms with Crippen LogP contribution in [-0.4, -0.2) is 27.6 Å². The molecule has 0 aliphatic heterocycles. The van der Waals surface area contributed by atoms with E-state index in [1.807, 2.05) is 0 Å². The number of carboxylic acids is 1. The Kier molecular flexibility index (Phi) is 4.96. The molecule has 0 fully saturated rings. The van der Waals surface area contributed by atoms with Gasteiger partial charge in [-0.1, -0.05) is 0 Å². The summed E-state index contributed by atoms with van der Waals surface area (Å²) in [5.41, 5.74) is 0.621. The molecule has 84 valence electrons. The number of nitrogens with one attached hydrogen (secondary N) is 1. The lowest BCUT2D eigenvalue weighted by Crippen LogP contribution is -2.18. The molecule has 16 heavy (non-hydrogen) atoms. The van der Waals surface area contributed by atoms with Crippen molar-refractivity contribution in [1.29, 1.82) is 0 Å². The number of carbonyl (C=O) groups is 1. The van der Waals surface area contributed by atoms with Gasteiger partial charge < -0.3 is 10.4 Å². The third-order valence-electron chi connectivity index (χ3n) is 1.99. The van der Waals surface area contributed by atoms with Gasteiger partial charge in [0.1, 0.15) is 11.9 Å². The van der Waals surface area contributed by atoms with Gasteiger partial charge >= 0.3 is 5.97 Å². The molecule has 2 N–H and O–H groups in total. The zero-order chi connectivity index (χ0) is 11.8. The molecule has 5 heteroatoms. The molecule has 0 unspecified atom stereocenters. The Morgan fingerprint density at radius 3 is 3.12 bits per heavy atom. The van der Waals surface area contributed by atoms with Gasteiger partial charge in [0.2, 0.25) is 0 Å². The summed E-state index contributed by atoms with van der Waals surface area (Å²) in [6, 6.07) is 0. The number of terminal acetylenes is 1. The second-order valence-electron chi connectivity index (χ2n) is 3.17. The number of hydrogen-bond donors (Lipinski definition) is 2. The largest absolute Gasteiger partial charge is 0.478 e. The summed E-state index contributed by atoms with van der Waals surface area (Å²) in [5, 5.41) is 12.0. The first kappa shape index (κ1) is 12.1. The van der Waals surface area contributed by atoms with Crippen LogP contribution in [0.25, 0.3) is 0 Å². The van der Waals surface area contributed by atoms with E-state index in [1.165, 1.54) is 12.5 Å². The molecule has 1 rings (SSSR count). The summed E-state index contributed by atoms with van der Waals surface area (Å²) in [7, 11) is 0. The smallest absolute Gasteiger partial charge is 0.339 e. The van der Waals surface area contributed by atoms with Gasteiger partial charge in [0.25, 0.3) is 0 Å². The van der Waals surface area contributed by atoms with E-state index in [0.29, 0.717) is 18.7 Å². The number of nitrogens with zero attached hydrogens (tertiary/aromatic N) is 2. The summed E-state index contributed by atoms with van der Waals surface area (Å²) in [5.74, 6) is 1.52. The highest BCUT2D eigenvalue weighted by molar-refractivity contribution is 5.88. The van der Waals surface area contributed by atoms with E-state index in [0.717, 1.165) is 13.0 Å². The summed E-state index contributed by atoms with van der Waals surface area (Å²) in [6.45, 7) is 1.15. The van der Waals surface area contributed by atoms with Crippen molar-refractivity contribution in [2.75, 3.05) is 6.54 Å². The minimum atomic E-state index is -1.01. The Labute approximate surface area is 93.9 Å². The van der Waals surface area contributed by atoms with Crippen molar-refractivity contribution < 1.29 is 9.90 Å². The van der Waals surface area contributed by atoms with Crippen molar-refractivity contribution in [1.82, 2.24) is 15.3 Å². The SMILES string of the molecule is C#CCCCNCc1ncncc1C(=O)O. The van der Waals surface area contributed by atoms with Gasteiger partial charge in [-0.05, 0) is 13.0 Å². The van der Waals surface area contributed by atoms with E-state index in [4.69, 9.17) is 11.5 Å². The van der Waals surface area contributed by atoms with Crippen LogP contribution in [0.1, 0.15) is 28.9 Å². The van der Waals surface area contributed by atoms with Gasteiger partial charge in [-0.15, -0.1) is 12.3 Å². The van der Waals surface area contributed by atoms with Crippen LogP contribution in [0.3, 0.4) is 0 Å². The summed E-state index contributed by atoms with van der Waals surface area (Å²) < 4.78 is 0. The van der Waals surface area contributed by atoms with Crippen molar-refractivity contribution in [3.8, 4) is 12.3 Å². The number of unbranched alkanes of at least 4 members (excludes halogenated alkanes) is 1. The highest BCUT2D eigenvalue weighted by atomic mass is 16.4. The summed E-state index contributed by atoms with van der Waals surface area (Å²) in [6.07, 6.45) is 9.32. The van der Waals surface area contributed by atoms with E-state index < -0.39 is 5.97 Å². The Hall–Kier alpha value is -1.93. The van der Waals surface area contributed by atoms with E-state index in [9.17, 15) is 4.79 Å². The van der Waals surface area contributed by atoms with Crippen LogP contribution < -0.4 is 5.32 Å². The molecule has 0 aliphatic carbocycles. The number of aromatic carboxylic acids is 1. The second kappa shape index (κ2) is 6.53. The van der Waals surface area contributed by atoms with Gasteiger partial charge in [0.15, 0.2) is 0 Å². The average Bonchev–Trinajstić information content (AvgIpc) is 2.29. The van der Waals surface area contributed by atoms with E-state index in [-0.39, 0.29) is 5.56 Å². The molecule has 0 amide bonds. The monoisotopic (exact) mass is 219 g/mol.